The lowest BCUT2D eigenvalue weighted by Crippen LogP contribution is -2.73. The van der Waals surface area contributed by atoms with Gasteiger partial charge in [0, 0.05) is 0 Å². The van der Waals surface area contributed by atoms with Crippen LogP contribution in [0.5, 0.6) is 5.75 Å². The first-order valence-corrected chi connectivity index (χ1v) is 14.0. The van der Waals surface area contributed by atoms with Crippen molar-refractivity contribution in [1.82, 2.24) is 9.96 Å². The number of carbonyl (C=O) groups excluding carboxylic acids is 2. The van der Waals surface area contributed by atoms with Gasteiger partial charge in [-0.15, -0.1) is 0 Å². The number of phenols is 1. The zero-order chi connectivity index (χ0) is 28.4. The van der Waals surface area contributed by atoms with Crippen LogP contribution in [0.1, 0.15) is 131 Å². The molecule has 0 saturated carbocycles. The molecule has 2 amide bonds. The SMILES string of the molecule is CCCCCCCCON1C(C)(C)C(=O)N(Cc2cc(C(C)(C)C)c(O)c(C(C)(C)C)c2)C(=O)C1(C)C. The smallest absolute Gasteiger partial charge is 0.251 e. The minimum absolute atomic E-state index is 0.155. The first-order valence-electron chi connectivity index (χ1n) is 14.0. The predicted molar refractivity (Wildman–Crippen MR) is 150 cm³/mol. The number of hydrogen-bond acceptors (Lipinski definition) is 5. The molecule has 1 N–H and O–H groups in total. The van der Waals surface area contributed by atoms with E-state index >= 15 is 0 Å². The molecule has 0 atom stereocenters. The van der Waals surface area contributed by atoms with Crippen molar-refractivity contribution in [3.63, 3.8) is 0 Å². The maximum Gasteiger partial charge on any atom is 0.251 e. The number of imide groups is 1. The number of unbranched alkanes of at least 4 members (excludes halogenated alkanes) is 5. The summed E-state index contributed by atoms with van der Waals surface area (Å²) >= 11 is 0. The topological polar surface area (TPSA) is 70.1 Å². The quantitative estimate of drug-likeness (QED) is 0.268. The Balaban J connectivity index is 2.32. The summed E-state index contributed by atoms with van der Waals surface area (Å²) in [4.78, 5) is 35.0. The highest BCUT2D eigenvalue weighted by atomic mass is 16.7. The van der Waals surface area contributed by atoms with Gasteiger partial charge >= 0.3 is 0 Å². The summed E-state index contributed by atoms with van der Waals surface area (Å²) in [5, 5.41) is 12.7. The van der Waals surface area contributed by atoms with Crippen LogP contribution < -0.4 is 0 Å². The van der Waals surface area contributed by atoms with E-state index in [1.807, 2.05) is 39.8 Å². The molecular formula is C31H52N2O4. The van der Waals surface area contributed by atoms with Crippen LogP contribution in [0.15, 0.2) is 12.1 Å². The third kappa shape index (κ3) is 6.94. The molecule has 2 rings (SSSR count). The highest BCUT2D eigenvalue weighted by Gasteiger charge is 2.57. The lowest BCUT2D eigenvalue weighted by atomic mass is 9.78. The number of rotatable bonds is 10. The molecule has 0 aliphatic carbocycles. The fourth-order valence-corrected chi connectivity index (χ4v) is 5.24. The Hall–Kier alpha value is -1.92. The van der Waals surface area contributed by atoms with Crippen molar-refractivity contribution >= 4 is 11.8 Å². The minimum atomic E-state index is -1.00. The summed E-state index contributed by atoms with van der Waals surface area (Å²) in [6.45, 7) is 22.5. The first-order chi connectivity index (χ1) is 16.9. The normalized spacial score (nSPS) is 18.5. The average Bonchev–Trinajstić information content (AvgIpc) is 2.76. The molecule has 1 fully saturated rings. The summed E-state index contributed by atoms with van der Waals surface area (Å²) in [6, 6.07) is 3.87. The summed E-state index contributed by atoms with van der Waals surface area (Å²) in [5.41, 5.74) is -0.135. The maximum absolute atomic E-state index is 13.7. The number of amides is 2. The second-order valence-corrected chi connectivity index (χ2v) is 13.7. The van der Waals surface area contributed by atoms with Gasteiger partial charge in [0.15, 0.2) is 0 Å². The summed E-state index contributed by atoms with van der Waals surface area (Å²) < 4.78 is 0. The van der Waals surface area contributed by atoms with Gasteiger partial charge in [0.25, 0.3) is 11.8 Å². The Kier molecular flexibility index (Phi) is 9.68. The molecule has 37 heavy (non-hydrogen) atoms. The molecule has 6 nitrogen and oxygen atoms in total. The van der Waals surface area contributed by atoms with Crippen LogP contribution in [0.3, 0.4) is 0 Å². The fourth-order valence-electron chi connectivity index (χ4n) is 5.24. The van der Waals surface area contributed by atoms with Crippen LogP contribution in [-0.4, -0.2) is 44.6 Å². The van der Waals surface area contributed by atoms with Crippen LogP contribution >= 0.6 is 0 Å². The van der Waals surface area contributed by atoms with Gasteiger partial charge in [0.2, 0.25) is 0 Å². The molecular weight excluding hydrogens is 464 g/mol. The number of carbonyl (C=O) groups is 2. The number of phenolic OH excluding ortho intramolecular Hbond substituents is 1. The van der Waals surface area contributed by atoms with Crippen LogP contribution in [-0.2, 0) is 31.8 Å². The number of benzene rings is 1. The molecule has 0 radical (unpaired) electrons. The number of piperazine rings is 1. The molecule has 1 aliphatic heterocycles. The van der Waals surface area contributed by atoms with Gasteiger partial charge in [0.1, 0.15) is 16.8 Å². The van der Waals surface area contributed by atoms with Gasteiger partial charge in [0.05, 0.1) is 13.2 Å². The summed E-state index contributed by atoms with van der Waals surface area (Å²) in [7, 11) is 0. The Labute approximate surface area is 225 Å². The van der Waals surface area contributed by atoms with E-state index in [1.54, 1.807) is 5.06 Å². The van der Waals surface area contributed by atoms with E-state index in [9.17, 15) is 14.7 Å². The molecule has 1 aromatic rings. The largest absolute Gasteiger partial charge is 0.507 e. The molecule has 6 heteroatoms. The molecule has 0 aromatic heterocycles. The molecule has 1 saturated heterocycles. The Morgan fingerprint density at radius 1 is 0.784 bits per heavy atom. The van der Waals surface area contributed by atoms with Crippen molar-refractivity contribution in [2.24, 2.45) is 0 Å². The standard InChI is InChI=1S/C31H52N2O4/c1-12-13-14-15-16-17-18-37-33-30(8,9)26(35)32(27(36)31(33,10)11)21-22-19-23(28(2,3)4)25(34)24(20-22)29(5,6)7/h19-20,34H,12-18,21H2,1-11H3. The molecule has 0 unspecified atom stereocenters. The Morgan fingerprint density at radius 2 is 1.22 bits per heavy atom. The molecule has 1 aliphatic rings. The summed E-state index contributed by atoms with van der Waals surface area (Å²) in [5.74, 6) is -0.264. The Bertz CT molecular complexity index is 903. The lowest BCUT2D eigenvalue weighted by molar-refractivity contribution is -0.272. The third-order valence-electron chi connectivity index (χ3n) is 7.40. The van der Waals surface area contributed by atoms with Crippen molar-refractivity contribution in [3.8, 4) is 5.75 Å². The minimum Gasteiger partial charge on any atom is -0.507 e. The lowest BCUT2D eigenvalue weighted by Gasteiger charge is -2.52. The van der Waals surface area contributed by atoms with Crippen molar-refractivity contribution in [2.45, 2.75) is 143 Å². The van der Waals surface area contributed by atoms with Crippen molar-refractivity contribution in [1.29, 1.82) is 0 Å². The molecule has 210 valence electrons. The van der Waals surface area contributed by atoms with Gasteiger partial charge < -0.3 is 5.11 Å². The van der Waals surface area contributed by atoms with Crippen LogP contribution in [0, 0.1) is 0 Å². The fraction of sp³-hybridized carbons (Fsp3) is 0.742. The van der Waals surface area contributed by atoms with E-state index in [0.29, 0.717) is 6.61 Å². The van der Waals surface area contributed by atoms with E-state index < -0.39 is 11.1 Å². The monoisotopic (exact) mass is 516 g/mol. The Morgan fingerprint density at radius 3 is 1.65 bits per heavy atom. The van der Waals surface area contributed by atoms with E-state index in [4.69, 9.17) is 4.84 Å². The molecule has 1 aromatic carbocycles. The molecule has 0 bridgehead atoms. The highest BCUT2D eigenvalue weighted by Crippen LogP contribution is 2.41. The van der Waals surface area contributed by atoms with Crippen molar-refractivity contribution < 1.29 is 19.5 Å². The highest BCUT2D eigenvalue weighted by molar-refractivity contribution is 6.05. The third-order valence-corrected chi connectivity index (χ3v) is 7.40. The van der Waals surface area contributed by atoms with E-state index in [0.717, 1.165) is 29.5 Å². The number of hydrogen-bond donors (Lipinski definition) is 1. The van der Waals surface area contributed by atoms with Crippen LogP contribution in [0.4, 0.5) is 0 Å². The van der Waals surface area contributed by atoms with Crippen molar-refractivity contribution in [2.75, 3.05) is 6.61 Å². The van der Waals surface area contributed by atoms with E-state index in [2.05, 4.69) is 48.5 Å². The molecule has 1 heterocycles. The first kappa shape index (κ1) is 31.3. The van der Waals surface area contributed by atoms with Crippen LogP contribution in [0.25, 0.3) is 0 Å². The second-order valence-electron chi connectivity index (χ2n) is 13.7. The van der Waals surface area contributed by atoms with Gasteiger partial charge in [-0.05, 0) is 73.8 Å². The maximum atomic E-state index is 13.7. The molecule has 0 spiro atoms. The zero-order valence-electron chi connectivity index (χ0n) is 25.4. The number of hydroxylamine groups is 2. The van der Waals surface area contributed by atoms with Gasteiger partial charge in [-0.3, -0.25) is 19.3 Å². The van der Waals surface area contributed by atoms with Gasteiger partial charge in [-0.25, -0.2) is 0 Å². The predicted octanol–water partition coefficient (Wildman–Crippen LogP) is 7.01. The van der Waals surface area contributed by atoms with E-state index in [1.165, 1.54) is 30.6 Å². The van der Waals surface area contributed by atoms with E-state index in [-0.39, 0.29) is 34.9 Å². The second kappa shape index (κ2) is 11.4. The zero-order valence-corrected chi connectivity index (χ0v) is 25.4. The van der Waals surface area contributed by atoms with Crippen LogP contribution in [0.2, 0.25) is 0 Å². The van der Waals surface area contributed by atoms with Crippen molar-refractivity contribution in [3.05, 3.63) is 28.8 Å². The average molecular weight is 517 g/mol. The number of aromatic hydroxyl groups is 1. The van der Waals surface area contributed by atoms with Gasteiger partial charge in [-0.2, -0.15) is 5.06 Å². The number of nitrogens with zero attached hydrogens (tertiary/aromatic N) is 2. The van der Waals surface area contributed by atoms with Gasteiger partial charge in [-0.1, -0.05) is 80.6 Å². The summed E-state index contributed by atoms with van der Waals surface area (Å²) in [6.07, 6.45) is 6.85.